The van der Waals surface area contributed by atoms with Crippen LogP contribution in [0, 0.1) is 12.3 Å². The Morgan fingerprint density at radius 2 is 1.95 bits per heavy atom. The molecule has 2 unspecified atom stereocenters. The number of ether oxygens (including phenoxy) is 1. The van der Waals surface area contributed by atoms with Crippen LogP contribution in [-0.4, -0.2) is 79.0 Å². The second-order valence-corrected chi connectivity index (χ2v) is 10.8. The Labute approximate surface area is 254 Å². The summed E-state index contributed by atoms with van der Waals surface area (Å²) in [5.41, 5.74) is 9.77. The lowest BCUT2D eigenvalue weighted by molar-refractivity contribution is 0.0947. The molecule has 1 fully saturated rings. The number of nitrogen functional groups attached to an aromatic ring is 1. The van der Waals surface area contributed by atoms with Crippen molar-refractivity contribution in [1.29, 1.82) is 5.41 Å². The highest BCUT2D eigenvalue weighted by Crippen LogP contribution is 2.28. The number of hydrogen-bond acceptors (Lipinski definition) is 11. The van der Waals surface area contributed by atoms with Crippen LogP contribution in [0.15, 0.2) is 55.1 Å². The third-order valence-corrected chi connectivity index (χ3v) is 7.80. The van der Waals surface area contributed by atoms with Crippen molar-refractivity contribution in [3.63, 3.8) is 0 Å². The Morgan fingerprint density at radius 1 is 1.16 bits per heavy atom. The summed E-state index contributed by atoms with van der Waals surface area (Å²) in [5, 5.41) is 26.2. The van der Waals surface area contributed by atoms with E-state index in [-0.39, 0.29) is 35.6 Å². The number of nitrogens with zero attached hydrogens (tertiary/aromatic N) is 7. The van der Waals surface area contributed by atoms with Crippen molar-refractivity contribution in [3.05, 3.63) is 82.9 Å². The Morgan fingerprint density at radius 3 is 2.68 bits per heavy atom. The lowest BCUT2D eigenvalue weighted by Gasteiger charge is -2.35. The van der Waals surface area contributed by atoms with Gasteiger partial charge in [0.15, 0.2) is 0 Å². The number of tetrazole rings is 1. The molecule has 0 spiro atoms. The normalized spacial score (nSPS) is 16.2. The van der Waals surface area contributed by atoms with Gasteiger partial charge in [-0.05, 0) is 60.7 Å². The Bertz CT molecular complexity index is 1640. The van der Waals surface area contributed by atoms with Crippen molar-refractivity contribution >= 4 is 29.3 Å². The maximum atomic E-state index is 12.8. The minimum atomic E-state index is -0.299. The maximum absolute atomic E-state index is 12.8. The summed E-state index contributed by atoms with van der Waals surface area (Å²) in [6.07, 6.45) is 5.95. The lowest BCUT2D eigenvalue weighted by Crippen LogP contribution is -2.45. The van der Waals surface area contributed by atoms with Gasteiger partial charge in [-0.3, -0.25) is 10.2 Å². The summed E-state index contributed by atoms with van der Waals surface area (Å²) in [5.74, 6) is 0.932. The van der Waals surface area contributed by atoms with E-state index in [1.807, 2.05) is 37.3 Å². The third kappa shape index (κ3) is 6.64. The van der Waals surface area contributed by atoms with Crippen LogP contribution in [0.5, 0.6) is 5.75 Å². The van der Waals surface area contributed by atoms with Gasteiger partial charge in [0.1, 0.15) is 30.0 Å². The molecule has 2 aromatic carbocycles. The predicted molar refractivity (Wildman–Crippen MR) is 164 cm³/mol. The van der Waals surface area contributed by atoms with Crippen LogP contribution in [-0.2, 0) is 6.54 Å². The predicted octanol–water partition coefficient (Wildman–Crippen LogP) is 3.03. The fraction of sp³-hybridized carbons (Fsp3) is 0.333. The van der Waals surface area contributed by atoms with Crippen molar-refractivity contribution in [1.82, 2.24) is 40.4 Å². The van der Waals surface area contributed by atoms with Crippen molar-refractivity contribution in [2.45, 2.75) is 51.2 Å². The van der Waals surface area contributed by atoms with Crippen LogP contribution >= 0.6 is 0 Å². The number of nitrogens with one attached hydrogen (secondary N) is 3. The van der Waals surface area contributed by atoms with Gasteiger partial charge in [0.25, 0.3) is 5.91 Å². The van der Waals surface area contributed by atoms with Crippen LogP contribution in [0.3, 0.4) is 0 Å². The van der Waals surface area contributed by atoms with E-state index in [0.717, 1.165) is 35.1 Å². The largest absolute Gasteiger partial charge is 0.496 e. The molecular weight excluding hydrogens is 562 g/mol. The standard InChI is InChI=1S/C30H35N11O3/c1-18-7-12-24(44-3)23(13-18)29(42)33-15-19-8-10-20(11-9-19)26(31)25-27(32)34-16-35-28(25)37-21-5-4-6-22(14-21)40(2)30(43)41-17-36-38-39-41/h7-13,16-17,21-22,31H,4-6,14-15H2,1-3H3,(H,33,42)(H3,32,34,35,37). The fourth-order valence-electron chi connectivity index (χ4n) is 5.37. The zero-order valence-corrected chi connectivity index (χ0v) is 24.8. The van der Waals surface area contributed by atoms with Crippen LogP contribution in [0.4, 0.5) is 16.4 Å². The van der Waals surface area contributed by atoms with E-state index in [1.54, 1.807) is 24.1 Å². The van der Waals surface area contributed by atoms with E-state index in [2.05, 4.69) is 36.1 Å². The van der Waals surface area contributed by atoms with Gasteiger partial charge in [0.05, 0.1) is 23.9 Å². The summed E-state index contributed by atoms with van der Waals surface area (Å²) in [4.78, 5) is 35.8. The molecule has 14 nitrogen and oxygen atoms in total. The molecule has 2 amide bonds. The van der Waals surface area contributed by atoms with Crippen molar-refractivity contribution in [3.8, 4) is 5.75 Å². The number of methoxy groups -OCH3 is 1. The topological polar surface area (TPSA) is 190 Å². The SMILES string of the molecule is COc1ccc(C)cc1C(=O)NCc1ccc(C(=N)c2c(N)ncnc2NC2CCCC(N(C)C(=O)n3cnnn3)C2)cc1. The summed E-state index contributed by atoms with van der Waals surface area (Å²) in [7, 11) is 3.28. The van der Waals surface area contributed by atoms with Crippen LogP contribution in [0.1, 0.15) is 58.3 Å². The highest BCUT2D eigenvalue weighted by atomic mass is 16.5. The fourth-order valence-corrected chi connectivity index (χ4v) is 5.37. The molecule has 2 aromatic heterocycles. The molecule has 5 rings (SSSR count). The van der Waals surface area contributed by atoms with Gasteiger partial charge in [-0.2, -0.15) is 0 Å². The highest BCUT2D eigenvalue weighted by molar-refractivity contribution is 6.16. The molecule has 0 radical (unpaired) electrons. The average molecular weight is 598 g/mol. The number of aryl methyl sites for hydroxylation is 1. The molecule has 14 heteroatoms. The molecular formula is C30H35N11O3. The maximum Gasteiger partial charge on any atom is 0.347 e. The molecule has 1 saturated carbocycles. The lowest BCUT2D eigenvalue weighted by atomic mass is 9.90. The summed E-state index contributed by atoms with van der Waals surface area (Å²) in [6, 6.07) is 12.5. The van der Waals surface area contributed by atoms with Gasteiger partial charge in [-0.25, -0.2) is 14.8 Å². The smallest absolute Gasteiger partial charge is 0.347 e. The van der Waals surface area contributed by atoms with Gasteiger partial charge < -0.3 is 26.0 Å². The van der Waals surface area contributed by atoms with E-state index in [9.17, 15) is 9.59 Å². The molecule has 1 aliphatic carbocycles. The number of carbonyl (C=O) groups excluding carboxylic acids is 2. The van der Waals surface area contributed by atoms with Gasteiger partial charge in [-0.1, -0.05) is 35.9 Å². The molecule has 44 heavy (non-hydrogen) atoms. The van der Waals surface area contributed by atoms with E-state index in [1.165, 1.54) is 19.8 Å². The monoisotopic (exact) mass is 597 g/mol. The Kier molecular flexibility index (Phi) is 9.07. The molecule has 5 N–H and O–H groups in total. The summed E-state index contributed by atoms with van der Waals surface area (Å²) in [6.45, 7) is 2.22. The molecule has 2 heterocycles. The molecule has 228 valence electrons. The number of nitrogens with two attached hydrogens (primary N) is 1. The quantitative estimate of drug-likeness (QED) is 0.165. The number of carbonyl (C=O) groups is 2. The second-order valence-electron chi connectivity index (χ2n) is 10.8. The molecule has 4 aromatic rings. The molecule has 1 aliphatic rings. The van der Waals surface area contributed by atoms with E-state index >= 15 is 0 Å². The Hall–Kier alpha value is -5.40. The van der Waals surface area contributed by atoms with Gasteiger partial charge >= 0.3 is 6.03 Å². The first kappa shape index (κ1) is 30.1. The van der Waals surface area contributed by atoms with Gasteiger partial charge in [0, 0.05) is 31.2 Å². The van der Waals surface area contributed by atoms with Gasteiger partial charge in [0.2, 0.25) is 0 Å². The van der Waals surface area contributed by atoms with Crippen molar-refractivity contribution in [2.24, 2.45) is 0 Å². The molecule has 2 atom stereocenters. The van der Waals surface area contributed by atoms with Crippen LogP contribution < -0.4 is 21.1 Å². The van der Waals surface area contributed by atoms with E-state index < -0.39 is 0 Å². The van der Waals surface area contributed by atoms with E-state index in [4.69, 9.17) is 15.9 Å². The number of benzene rings is 2. The van der Waals surface area contributed by atoms with Crippen LogP contribution in [0.25, 0.3) is 0 Å². The summed E-state index contributed by atoms with van der Waals surface area (Å²) < 4.78 is 6.44. The minimum Gasteiger partial charge on any atom is -0.496 e. The molecule has 0 saturated heterocycles. The van der Waals surface area contributed by atoms with E-state index in [0.29, 0.717) is 41.2 Å². The number of hydrogen-bond donors (Lipinski definition) is 4. The first-order chi connectivity index (χ1) is 21.2. The number of aromatic nitrogens is 6. The minimum absolute atomic E-state index is 0.00302. The zero-order valence-electron chi connectivity index (χ0n) is 24.8. The number of rotatable bonds is 9. The molecule has 0 bridgehead atoms. The summed E-state index contributed by atoms with van der Waals surface area (Å²) >= 11 is 0. The zero-order chi connectivity index (χ0) is 31.2. The first-order valence-corrected chi connectivity index (χ1v) is 14.2. The molecule has 0 aliphatic heterocycles. The van der Waals surface area contributed by atoms with Gasteiger partial charge in [-0.15, -0.1) is 9.78 Å². The number of amides is 2. The van der Waals surface area contributed by atoms with Crippen molar-refractivity contribution < 1.29 is 14.3 Å². The Balaban J connectivity index is 1.25. The number of anilines is 2. The average Bonchev–Trinajstić information content (AvgIpc) is 3.58. The van der Waals surface area contributed by atoms with Crippen molar-refractivity contribution in [2.75, 3.05) is 25.2 Å². The third-order valence-electron chi connectivity index (χ3n) is 7.80. The second kappa shape index (κ2) is 13.3. The van der Waals surface area contributed by atoms with Crippen LogP contribution in [0.2, 0.25) is 0 Å². The first-order valence-electron chi connectivity index (χ1n) is 14.2. The highest BCUT2D eigenvalue weighted by Gasteiger charge is 2.30.